The molecule has 8 heteroatoms. The van der Waals surface area contributed by atoms with Crippen molar-refractivity contribution in [1.29, 1.82) is 0 Å². The van der Waals surface area contributed by atoms with E-state index in [0.29, 0.717) is 6.54 Å². The summed E-state index contributed by atoms with van der Waals surface area (Å²) in [5.74, 6) is 1.79. The van der Waals surface area contributed by atoms with Gasteiger partial charge in [0.15, 0.2) is 5.96 Å². The van der Waals surface area contributed by atoms with Crippen LogP contribution in [-0.4, -0.2) is 49.8 Å². The Bertz CT molecular complexity index is 802. The molecule has 2 N–H and O–H groups in total. The van der Waals surface area contributed by atoms with Crippen molar-refractivity contribution in [2.75, 3.05) is 37.7 Å². The van der Waals surface area contributed by atoms with Crippen molar-refractivity contribution in [2.24, 2.45) is 4.99 Å². The van der Waals surface area contributed by atoms with Crippen LogP contribution in [-0.2, 0) is 17.7 Å². The van der Waals surface area contributed by atoms with Crippen LogP contribution in [0.1, 0.15) is 25.0 Å². The number of benzene rings is 1. The molecule has 0 bridgehead atoms. The van der Waals surface area contributed by atoms with E-state index in [9.17, 15) is 0 Å². The van der Waals surface area contributed by atoms with Gasteiger partial charge in [-0.25, -0.2) is 9.98 Å². The van der Waals surface area contributed by atoms with E-state index < -0.39 is 0 Å². The number of nitrogens with zero attached hydrogens (tertiary/aromatic N) is 3. The highest BCUT2D eigenvalue weighted by atomic mass is 127. The van der Waals surface area contributed by atoms with Crippen molar-refractivity contribution in [2.45, 2.75) is 32.9 Å². The van der Waals surface area contributed by atoms with Crippen LogP contribution >= 0.6 is 35.6 Å². The third kappa shape index (κ3) is 7.59. The predicted molar refractivity (Wildman–Crippen MR) is 135 cm³/mol. The minimum absolute atomic E-state index is 0. The fraction of sp³-hybridized carbons (Fsp3) is 0.455. The van der Waals surface area contributed by atoms with Gasteiger partial charge in [-0.15, -0.1) is 24.0 Å². The van der Waals surface area contributed by atoms with Gasteiger partial charge >= 0.3 is 0 Å². The molecule has 30 heavy (non-hydrogen) atoms. The number of guanidine groups is 1. The molecule has 164 valence electrons. The summed E-state index contributed by atoms with van der Waals surface area (Å²) in [7, 11) is 0. The Hall–Kier alpha value is -1.58. The molecule has 0 saturated carbocycles. The molecule has 1 fully saturated rings. The summed E-state index contributed by atoms with van der Waals surface area (Å²) < 4.78 is 5.60. The number of aliphatic imine (C=N–C) groups is 1. The molecule has 6 nitrogen and oxygen atoms in total. The Morgan fingerprint density at radius 3 is 2.80 bits per heavy atom. The van der Waals surface area contributed by atoms with Crippen LogP contribution in [0.15, 0.2) is 47.6 Å². The topological polar surface area (TPSA) is 61.8 Å². The first-order valence-electron chi connectivity index (χ1n) is 10.2. The van der Waals surface area contributed by atoms with Gasteiger partial charge in [-0.1, -0.05) is 35.9 Å². The molecular weight excluding hydrogens is 513 g/mol. The predicted octanol–water partition coefficient (Wildman–Crippen LogP) is 3.88. The van der Waals surface area contributed by atoms with Gasteiger partial charge in [-0.05, 0) is 43.5 Å². The summed E-state index contributed by atoms with van der Waals surface area (Å²) in [5.41, 5.74) is 2.22. The number of hydrogen-bond donors (Lipinski definition) is 2. The van der Waals surface area contributed by atoms with Crippen molar-refractivity contribution < 1.29 is 4.74 Å². The fourth-order valence-electron chi connectivity index (χ4n) is 3.25. The third-order valence-corrected chi connectivity index (χ3v) is 5.15. The molecular formula is C22H31ClIN5O. The number of rotatable bonds is 7. The monoisotopic (exact) mass is 543 g/mol. The summed E-state index contributed by atoms with van der Waals surface area (Å²) in [6.07, 6.45) is 3.00. The normalized spacial score (nSPS) is 16.7. The minimum Gasteiger partial charge on any atom is -0.375 e. The molecule has 1 unspecified atom stereocenters. The maximum Gasteiger partial charge on any atom is 0.191 e. The van der Waals surface area contributed by atoms with Gasteiger partial charge in [-0.3, -0.25) is 0 Å². The van der Waals surface area contributed by atoms with Gasteiger partial charge in [0.25, 0.3) is 0 Å². The number of ether oxygens (including phenoxy) is 1. The highest BCUT2D eigenvalue weighted by Crippen LogP contribution is 2.16. The molecule has 2 aromatic rings. The largest absolute Gasteiger partial charge is 0.375 e. The van der Waals surface area contributed by atoms with E-state index in [1.807, 2.05) is 24.4 Å². The summed E-state index contributed by atoms with van der Waals surface area (Å²) >= 11 is 6.23. The Morgan fingerprint density at radius 2 is 2.10 bits per heavy atom. The van der Waals surface area contributed by atoms with Gasteiger partial charge in [0.2, 0.25) is 0 Å². The summed E-state index contributed by atoms with van der Waals surface area (Å²) in [5, 5.41) is 7.46. The Labute approximate surface area is 201 Å². The molecule has 3 rings (SSSR count). The van der Waals surface area contributed by atoms with E-state index in [0.717, 1.165) is 67.1 Å². The van der Waals surface area contributed by atoms with Crippen molar-refractivity contribution >= 4 is 47.4 Å². The lowest BCUT2D eigenvalue weighted by atomic mass is 10.1. The number of pyridine rings is 1. The van der Waals surface area contributed by atoms with Crippen LogP contribution in [0.2, 0.25) is 5.02 Å². The number of aromatic nitrogens is 1. The van der Waals surface area contributed by atoms with Gasteiger partial charge in [0, 0.05) is 37.4 Å². The first kappa shape index (κ1) is 24.7. The van der Waals surface area contributed by atoms with E-state index >= 15 is 0 Å². The fourth-order valence-corrected chi connectivity index (χ4v) is 3.48. The first-order chi connectivity index (χ1) is 14.2. The molecule has 0 aliphatic carbocycles. The van der Waals surface area contributed by atoms with E-state index in [1.165, 1.54) is 0 Å². The first-order valence-corrected chi connectivity index (χ1v) is 10.6. The lowest BCUT2D eigenvalue weighted by Gasteiger charge is -2.32. The van der Waals surface area contributed by atoms with Crippen molar-refractivity contribution in [3.63, 3.8) is 0 Å². The van der Waals surface area contributed by atoms with Gasteiger partial charge in [-0.2, -0.15) is 0 Å². The number of hydrogen-bond acceptors (Lipinski definition) is 4. The van der Waals surface area contributed by atoms with Gasteiger partial charge in [0.05, 0.1) is 19.3 Å². The van der Waals surface area contributed by atoms with Crippen LogP contribution < -0.4 is 15.5 Å². The second kappa shape index (κ2) is 13.0. The maximum absolute atomic E-state index is 6.23. The second-order valence-electron chi connectivity index (χ2n) is 7.12. The molecule has 1 atom stereocenters. The Balaban J connectivity index is 0.00000320. The summed E-state index contributed by atoms with van der Waals surface area (Å²) in [6.45, 7) is 8.82. The molecule has 1 aromatic heterocycles. The SMILES string of the molecule is CCNC(=NCc1ccc(N2CCOC(C)C2)nc1)NCCc1ccccc1Cl.I. The molecule has 1 aliphatic rings. The highest BCUT2D eigenvalue weighted by Gasteiger charge is 2.17. The maximum atomic E-state index is 6.23. The van der Waals surface area contributed by atoms with Crippen LogP contribution in [0.25, 0.3) is 0 Å². The second-order valence-corrected chi connectivity index (χ2v) is 7.52. The zero-order valence-electron chi connectivity index (χ0n) is 17.6. The molecule has 1 aromatic carbocycles. The molecule has 0 radical (unpaired) electrons. The van der Waals surface area contributed by atoms with Crippen molar-refractivity contribution in [1.82, 2.24) is 15.6 Å². The number of anilines is 1. The average molecular weight is 544 g/mol. The summed E-state index contributed by atoms with van der Waals surface area (Å²) in [4.78, 5) is 11.6. The molecule has 1 saturated heterocycles. The Kier molecular flexibility index (Phi) is 10.7. The third-order valence-electron chi connectivity index (χ3n) is 4.78. The van der Waals surface area contributed by atoms with Gasteiger partial charge in [0.1, 0.15) is 5.82 Å². The molecule has 2 heterocycles. The zero-order valence-corrected chi connectivity index (χ0v) is 20.7. The lowest BCUT2D eigenvalue weighted by molar-refractivity contribution is 0.0529. The highest BCUT2D eigenvalue weighted by molar-refractivity contribution is 14.0. The minimum atomic E-state index is 0. The zero-order chi connectivity index (χ0) is 20.5. The quantitative estimate of drug-likeness (QED) is 0.315. The van der Waals surface area contributed by atoms with E-state index in [1.54, 1.807) is 0 Å². The van der Waals surface area contributed by atoms with E-state index in [2.05, 4.69) is 57.6 Å². The molecule has 0 spiro atoms. The van der Waals surface area contributed by atoms with Crippen LogP contribution in [0.5, 0.6) is 0 Å². The molecule has 0 amide bonds. The smallest absolute Gasteiger partial charge is 0.191 e. The average Bonchev–Trinajstić information content (AvgIpc) is 2.74. The van der Waals surface area contributed by atoms with Crippen LogP contribution in [0.3, 0.4) is 0 Å². The number of nitrogens with one attached hydrogen (secondary N) is 2. The molecule has 1 aliphatic heterocycles. The van der Waals surface area contributed by atoms with Crippen LogP contribution in [0, 0.1) is 0 Å². The van der Waals surface area contributed by atoms with Crippen LogP contribution in [0.4, 0.5) is 5.82 Å². The van der Waals surface area contributed by atoms with Crippen molar-refractivity contribution in [3.8, 4) is 0 Å². The number of halogens is 2. The van der Waals surface area contributed by atoms with E-state index in [-0.39, 0.29) is 30.1 Å². The lowest BCUT2D eigenvalue weighted by Crippen LogP contribution is -2.41. The van der Waals surface area contributed by atoms with E-state index in [4.69, 9.17) is 16.3 Å². The van der Waals surface area contributed by atoms with Crippen molar-refractivity contribution in [3.05, 3.63) is 58.7 Å². The van der Waals surface area contributed by atoms with Gasteiger partial charge < -0.3 is 20.3 Å². The standard InChI is InChI=1S/C22H30ClN5O.HI/c1-3-24-22(25-11-10-19-6-4-5-7-20(19)23)27-15-18-8-9-21(26-14-18)28-12-13-29-17(2)16-28;/h4-9,14,17H,3,10-13,15-16H2,1-2H3,(H2,24,25,27);1H. The summed E-state index contributed by atoms with van der Waals surface area (Å²) in [6, 6.07) is 12.1. The number of morpholine rings is 1. The Morgan fingerprint density at radius 1 is 1.27 bits per heavy atom.